The third kappa shape index (κ3) is 4.14. The molecule has 1 aliphatic rings. The SMILES string of the molecule is COc1ccc(C)cc1S(=O)(=O)N1CC[C@H](Oc2cncc(N(C)C)n2)C1. The molecule has 8 nitrogen and oxygen atoms in total. The molecule has 0 aliphatic carbocycles. The van der Waals surface area contributed by atoms with Crippen molar-refractivity contribution >= 4 is 15.8 Å². The lowest BCUT2D eigenvalue weighted by atomic mass is 10.2. The summed E-state index contributed by atoms with van der Waals surface area (Å²) in [5.41, 5.74) is 0.858. The predicted octanol–water partition coefficient (Wildman–Crippen LogP) is 1.70. The van der Waals surface area contributed by atoms with Crippen LogP contribution in [0.1, 0.15) is 12.0 Å². The second kappa shape index (κ2) is 7.69. The molecule has 2 aromatic rings. The van der Waals surface area contributed by atoms with Crippen LogP contribution in [0.2, 0.25) is 0 Å². The first-order valence-electron chi connectivity index (χ1n) is 8.62. The molecule has 1 saturated heterocycles. The molecule has 0 radical (unpaired) electrons. The predicted molar refractivity (Wildman–Crippen MR) is 102 cm³/mol. The van der Waals surface area contributed by atoms with Gasteiger partial charge >= 0.3 is 0 Å². The Morgan fingerprint density at radius 2 is 2.04 bits per heavy atom. The van der Waals surface area contributed by atoms with E-state index in [4.69, 9.17) is 9.47 Å². The molecule has 0 spiro atoms. The van der Waals surface area contributed by atoms with Crippen molar-refractivity contribution in [1.29, 1.82) is 0 Å². The number of nitrogens with zero attached hydrogens (tertiary/aromatic N) is 4. The summed E-state index contributed by atoms with van der Waals surface area (Å²) in [6.45, 7) is 2.49. The molecule has 0 saturated carbocycles. The molecule has 1 fully saturated rings. The van der Waals surface area contributed by atoms with Crippen LogP contribution in [0.25, 0.3) is 0 Å². The van der Waals surface area contributed by atoms with Gasteiger partial charge < -0.3 is 14.4 Å². The fourth-order valence-corrected chi connectivity index (χ4v) is 4.65. The number of anilines is 1. The fourth-order valence-electron chi connectivity index (χ4n) is 2.92. The van der Waals surface area contributed by atoms with E-state index in [1.807, 2.05) is 32.0 Å². The molecule has 146 valence electrons. The largest absolute Gasteiger partial charge is 0.495 e. The van der Waals surface area contributed by atoms with Crippen molar-refractivity contribution in [2.75, 3.05) is 39.2 Å². The second-order valence-electron chi connectivity index (χ2n) is 6.66. The lowest BCUT2D eigenvalue weighted by molar-refractivity contribution is 0.206. The van der Waals surface area contributed by atoms with E-state index in [-0.39, 0.29) is 17.5 Å². The van der Waals surface area contributed by atoms with Gasteiger partial charge in [0.2, 0.25) is 15.9 Å². The first-order valence-corrected chi connectivity index (χ1v) is 10.1. The molecular weight excluding hydrogens is 368 g/mol. The molecule has 3 rings (SSSR count). The van der Waals surface area contributed by atoms with Crippen LogP contribution in [-0.4, -0.2) is 63.1 Å². The molecule has 27 heavy (non-hydrogen) atoms. The fraction of sp³-hybridized carbons (Fsp3) is 0.444. The van der Waals surface area contributed by atoms with E-state index in [0.29, 0.717) is 30.4 Å². The van der Waals surface area contributed by atoms with Crippen LogP contribution in [0.15, 0.2) is 35.5 Å². The third-order valence-electron chi connectivity index (χ3n) is 4.39. The molecule has 0 N–H and O–H groups in total. The van der Waals surface area contributed by atoms with E-state index >= 15 is 0 Å². The summed E-state index contributed by atoms with van der Waals surface area (Å²) in [5.74, 6) is 1.41. The van der Waals surface area contributed by atoms with Gasteiger partial charge in [-0.1, -0.05) is 6.07 Å². The van der Waals surface area contributed by atoms with Gasteiger partial charge in [0, 0.05) is 20.6 Å². The van der Waals surface area contributed by atoms with Crippen molar-refractivity contribution in [1.82, 2.24) is 14.3 Å². The molecule has 1 atom stereocenters. The first-order chi connectivity index (χ1) is 12.8. The molecule has 9 heteroatoms. The van der Waals surface area contributed by atoms with Crippen molar-refractivity contribution in [2.24, 2.45) is 0 Å². The van der Waals surface area contributed by atoms with E-state index < -0.39 is 10.0 Å². The topological polar surface area (TPSA) is 84.9 Å². The minimum Gasteiger partial charge on any atom is -0.495 e. The van der Waals surface area contributed by atoms with Gasteiger partial charge in [-0.25, -0.2) is 8.42 Å². The van der Waals surface area contributed by atoms with E-state index in [1.54, 1.807) is 18.3 Å². The van der Waals surface area contributed by atoms with E-state index in [2.05, 4.69) is 9.97 Å². The van der Waals surface area contributed by atoms with Gasteiger partial charge in [-0.05, 0) is 31.0 Å². The summed E-state index contributed by atoms with van der Waals surface area (Å²) in [6.07, 6.45) is 3.49. The Morgan fingerprint density at radius 1 is 1.26 bits per heavy atom. The number of aromatic nitrogens is 2. The molecule has 1 aliphatic heterocycles. The summed E-state index contributed by atoms with van der Waals surface area (Å²) in [5, 5.41) is 0. The van der Waals surface area contributed by atoms with Crippen LogP contribution in [-0.2, 0) is 10.0 Å². The molecule has 0 unspecified atom stereocenters. The average molecular weight is 392 g/mol. The number of sulfonamides is 1. The number of ether oxygens (including phenoxy) is 2. The summed E-state index contributed by atoms with van der Waals surface area (Å²) in [4.78, 5) is 10.5. The molecule has 2 heterocycles. The maximum absolute atomic E-state index is 13.1. The zero-order valence-corrected chi connectivity index (χ0v) is 16.7. The zero-order valence-electron chi connectivity index (χ0n) is 15.9. The second-order valence-corrected chi connectivity index (χ2v) is 8.56. The highest BCUT2D eigenvalue weighted by Crippen LogP contribution is 2.30. The van der Waals surface area contributed by atoms with Crippen LogP contribution in [0.4, 0.5) is 5.82 Å². The average Bonchev–Trinajstić information content (AvgIpc) is 3.11. The smallest absolute Gasteiger partial charge is 0.246 e. The normalized spacial score (nSPS) is 17.7. The lowest BCUT2D eigenvalue weighted by Crippen LogP contribution is -2.31. The van der Waals surface area contributed by atoms with Crippen molar-refractivity contribution in [3.05, 3.63) is 36.2 Å². The number of aryl methyl sites for hydroxylation is 1. The van der Waals surface area contributed by atoms with Gasteiger partial charge in [0.25, 0.3) is 0 Å². The Bertz CT molecular complexity index is 917. The number of methoxy groups -OCH3 is 1. The maximum atomic E-state index is 13.1. The van der Waals surface area contributed by atoms with E-state index in [9.17, 15) is 8.42 Å². The van der Waals surface area contributed by atoms with Crippen LogP contribution in [0.3, 0.4) is 0 Å². The number of rotatable bonds is 6. The van der Waals surface area contributed by atoms with Gasteiger partial charge in [-0.2, -0.15) is 9.29 Å². The van der Waals surface area contributed by atoms with Crippen molar-refractivity contribution in [2.45, 2.75) is 24.3 Å². The summed E-state index contributed by atoms with van der Waals surface area (Å²) < 4.78 is 38.7. The number of benzene rings is 1. The molecule has 0 amide bonds. The van der Waals surface area contributed by atoms with E-state index in [0.717, 1.165) is 5.56 Å². The lowest BCUT2D eigenvalue weighted by Gasteiger charge is -2.19. The number of hydrogen-bond donors (Lipinski definition) is 0. The highest BCUT2D eigenvalue weighted by molar-refractivity contribution is 7.89. The third-order valence-corrected chi connectivity index (χ3v) is 6.28. The highest BCUT2D eigenvalue weighted by atomic mass is 32.2. The Hall–Kier alpha value is -2.39. The zero-order chi connectivity index (χ0) is 19.6. The monoisotopic (exact) mass is 392 g/mol. The first kappa shape index (κ1) is 19.4. The Morgan fingerprint density at radius 3 is 2.74 bits per heavy atom. The van der Waals surface area contributed by atoms with Gasteiger partial charge in [0.15, 0.2) is 5.82 Å². The highest BCUT2D eigenvalue weighted by Gasteiger charge is 2.35. The molecule has 0 bridgehead atoms. The summed E-state index contributed by atoms with van der Waals surface area (Å²) in [6, 6.07) is 5.13. The maximum Gasteiger partial charge on any atom is 0.246 e. The van der Waals surface area contributed by atoms with Gasteiger partial charge in [0.05, 0.1) is 26.0 Å². The van der Waals surface area contributed by atoms with Crippen LogP contribution < -0.4 is 14.4 Å². The molecule has 1 aromatic heterocycles. The quantitative estimate of drug-likeness (QED) is 0.740. The van der Waals surface area contributed by atoms with Crippen molar-refractivity contribution in [3.8, 4) is 11.6 Å². The minimum atomic E-state index is -3.67. The van der Waals surface area contributed by atoms with Crippen molar-refractivity contribution < 1.29 is 17.9 Å². The minimum absolute atomic E-state index is 0.181. The Balaban J connectivity index is 1.76. The molecule has 1 aromatic carbocycles. The Kier molecular flexibility index (Phi) is 5.52. The van der Waals surface area contributed by atoms with Crippen LogP contribution >= 0.6 is 0 Å². The van der Waals surface area contributed by atoms with Gasteiger partial charge in [-0.3, -0.25) is 4.98 Å². The van der Waals surface area contributed by atoms with E-state index in [1.165, 1.54) is 17.6 Å². The number of hydrogen-bond acceptors (Lipinski definition) is 7. The van der Waals surface area contributed by atoms with Gasteiger partial charge in [-0.15, -0.1) is 0 Å². The van der Waals surface area contributed by atoms with Gasteiger partial charge in [0.1, 0.15) is 16.7 Å². The summed E-state index contributed by atoms with van der Waals surface area (Å²) in [7, 11) is 1.54. The van der Waals surface area contributed by atoms with Crippen LogP contribution in [0, 0.1) is 6.92 Å². The molecular formula is C18H24N4O4S. The van der Waals surface area contributed by atoms with Crippen molar-refractivity contribution in [3.63, 3.8) is 0 Å². The Labute approximate surface area is 159 Å². The van der Waals surface area contributed by atoms with Crippen LogP contribution in [0.5, 0.6) is 11.6 Å². The summed E-state index contributed by atoms with van der Waals surface area (Å²) >= 11 is 0. The standard InChI is InChI=1S/C18H24N4O4S/c1-13-5-6-15(25-4)16(9-13)27(23,24)22-8-7-14(12-22)26-18-11-19-10-17(20-18)21(2)3/h5-6,9-11,14H,7-8,12H2,1-4H3/t14-/m0/s1.